The number of amides is 1. The van der Waals surface area contributed by atoms with E-state index in [0.717, 1.165) is 49.4 Å². The number of hydrogen-bond donors (Lipinski definition) is 1. The van der Waals surface area contributed by atoms with Crippen LogP contribution in [0.25, 0.3) is 5.65 Å². The van der Waals surface area contributed by atoms with Crippen molar-refractivity contribution in [3.05, 3.63) is 53.4 Å². The second kappa shape index (κ2) is 6.85. The van der Waals surface area contributed by atoms with Gasteiger partial charge in [0.05, 0.1) is 17.9 Å². The number of fused-ring (bicyclic) bond motifs is 6. The second-order valence-electron chi connectivity index (χ2n) is 7.38. The molecule has 3 aromatic rings. The van der Waals surface area contributed by atoms with Gasteiger partial charge in [-0.1, -0.05) is 0 Å². The van der Waals surface area contributed by atoms with Gasteiger partial charge in [-0.25, -0.2) is 13.9 Å². The summed E-state index contributed by atoms with van der Waals surface area (Å²) < 4.78 is 15.9. The number of carbonyl (C=O) groups excluding carboxylic acids is 1. The van der Waals surface area contributed by atoms with E-state index in [9.17, 15) is 9.18 Å². The van der Waals surface area contributed by atoms with E-state index in [0.29, 0.717) is 24.2 Å². The molecule has 144 valence electrons. The van der Waals surface area contributed by atoms with Crippen LogP contribution in [0.2, 0.25) is 0 Å². The van der Waals surface area contributed by atoms with Gasteiger partial charge in [0.15, 0.2) is 5.65 Å². The molecule has 1 saturated heterocycles. The van der Waals surface area contributed by atoms with Gasteiger partial charge in [0.25, 0.3) is 5.91 Å². The van der Waals surface area contributed by atoms with Gasteiger partial charge in [-0.2, -0.15) is 5.10 Å². The lowest BCUT2D eigenvalue weighted by Gasteiger charge is -2.25. The maximum atomic E-state index is 14.3. The van der Waals surface area contributed by atoms with Gasteiger partial charge < -0.3 is 10.2 Å². The maximum Gasteiger partial charge on any atom is 0.256 e. The summed E-state index contributed by atoms with van der Waals surface area (Å²) in [5, 5.41) is 7.18. The number of pyridine rings is 1. The minimum Gasteiger partial charge on any atom is -0.352 e. The molecular weight excluding hydrogens is 359 g/mol. The minimum atomic E-state index is -0.244. The molecule has 2 aliphatic rings. The molecule has 0 spiro atoms. The number of anilines is 1. The smallest absolute Gasteiger partial charge is 0.256 e. The molecular formula is C20H21FN6O. The summed E-state index contributed by atoms with van der Waals surface area (Å²) >= 11 is 0. The van der Waals surface area contributed by atoms with Gasteiger partial charge in [-0.05, 0) is 50.3 Å². The Bertz CT molecular complexity index is 1050. The lowest BCUT2D eigenvalue weighted by Crippen LogP contribution is -2.25. The average Bonchev–Trinajstić information content (AvgIpc) is 3.33. The summed E-state index contributed by atoms with van der Waals surface area (Å²) in [7, 11) is 0. The van der Waals surface area contributed by atoms with E-state index in [2.05, 4.69) is 15.3 Å². The number of halogens is 1. The van der Waals surface area contributed by atoms with Gasteiger partial charge >= 0.3 is 0 Å². The third-order valence-electron chi connectivity index (χ3n) is 5.50. The minimum absolute atomic E-state index is 0.0188. The normalized spacial score (nSPS) is 20.0. The van der Waals surface area contributed by atoms with E-state index in [1.54, 1.807) is 16.8 Å². The van der Waals surface area contributed by atoms with Crippen LogP contribution in [0.4, 0.5) is 10.2 Å². The van der Waals surface area contributed by atoms with Crippen molar-refractivity contribution in [1.82, 2.24) is 24.9 Å². The van der Waals surface area contributed by atoms with Gasteiger partial charge in [0.2, 0.25) is 0 Å². The first-order valence-electron chi connectivity index (χ1n) is 9.74. The molecule has 4 bridgehead atoms. The van der Waals surface area contributed by atoms with Crippen LogP contribution in [0.1, 0.15) is 53.5 Å². The van der Waals surface area contributed by atoms with Crippen LogP contribution in [-0.2, 0) is 6.42 Å². The summed E-state index contributed by atoms with van der Waals surface area (Å²) in [5.74, 6) is 0.343. The van der Waals surface area contributed by atoms with Crippen molar-refractivity contribution in [2.24, 2.45) is 0 Å². The number of rotatable bonds is 0. The fraction of sp³-hybridized carbons (Fsp3) is 0.400. The van der Waals surface area contributed by atoms with E-state index in [4.69, 9.17) is 9.97 Å². The molecule has 1 N–H and O–H groups in total. The van der Waals surface area contributed by atoms with E-state index >= 15 is 0 Å². The van der Waals surface area contributed by atoms with Crippen LogP contribution in [-0.4, -0.2) is 38.6 Å². The Balaban J connectivity index is 1.63. The van der Waals surface area contributed by atoms with Crippen LogP contribution in [0.5, 0.6) is 0 Å². The topological polar surface area (TPSA) is 75.4 Å². The third-order valence-corrected chi connectivity index (χ3v) is 5.50. The Morgan fingerprint density at radius 2 is 2.11 bits per heavy atom. The number of aryl methyl sites for hydroxylation is 1. The second-order valence-corrected chi connectivity index (χ2v) is 7.38. The van der Waals surface area contributed by atoms with Gasteiger partial charge in [-0.15, -0.1) is 0 Å². The Morgan fingerprint density at radius 1 is 1.18 bits per heavy atom. The van der Waals surface area contributed by atoms with Crippen molar-refractivity contribution in [1.29, 1.82) is 0 Å². The lowest BCUT2D eigenvalue weighted by atomic mass is 10.1. The molecule has 1 amide bonds. The van der Waals surface area contributed by atoms with Gasteiger partial charge in [0, 0.05) is 25.0 Å². The number of carbonyl (C=O) groups is 1. The molecule has 3 aromatic heterocycles. The third kappa shape index (κ3) is 2.98. The first-order valence-corrected chi connectivity index (χ1v) is 9.74. The highest BCUT2D eigenvalue weighted by Gasteiger charge is 2.29. The maximum absolute atomic E-state index is 14.3. The highest BCUT2D eigenvalue weighted by Crippen LogP contribution is 2.35. The first-order chi connectivity index (χ1) is 13.7. The molecule has 1 fully saturated rings. The van der Waals surface area contributed by atoms with E-state index in [-0.39, 0.29) is 17.8 Å². The van der Waals surface area contributed by atoms with Crippen molar-refractivity contribution in [2.45, 2.75) is 38.1 Å². The summed E-state index contributed by atoms with van der Waals surface area (Å²) in [6, 6.07) is 4.92. The average molecular weight is 380 g/mol. The van der Waals surface area contributed by atoms with Crippen molar-refractivity contribution < 1.29 is 9.18 Å². The van der Waals surface area contributed by atoms with Crippen LogP contribution in [0.15, 0.2) is 30.6 Å². The standard InChI is InChI=1S/C20H21FN6O/c21-13-10-14-4-1-2-7-22-20(28)15-12-23-27-9-6-18(25-19(15)27)26-8-3-5-17(26)16(11-13)24-14/h6,9-12,17H,1-5,7-8H2,(H,22,28)/t17-/m1/s1. The first kappa shape index (κ1) is 17.1. The van der Waals surface area contributed by atoms with Gasteiger partial charge in [-0.3, -0.25) is 9.78 Å². The molecule has 7 nitrogen and oxygen atoms in total. The van der Waals surface area contributed by atoms with Crippen molar-refractivity contribution in [3.8, 4) is 0 Å². The zero-order valence-electron chi connectivity index (χ0n) is 15.4. The SMILES string of the molecule is O=C1NCCCCc2cc(F)cc(n2)[C@H]2CCCN2c2ccn3ncc1c3n2. The quantitative estimate of drug-likeness (QED) is 0.649. The number of hydrogen-bond acceptors (Lipinski definition) is 5. The summed E-state index contributed by atoms with van der Waals surface area (Å²) in [4.78, 5) is 24.2. The van der Waals surface area contributed by atoms with E-state index in [1.807, 2.05) is 12.3 Å². The van der Waals surface area contributed by atoms with Crippen LogP contribution in [0.3, 0.4) is 0 Å². The predicted molar refractivity (Wildman–Crippen MR) is 102 cm³/mol. The molecule has 0 aromatic carbocycles. The number of aromatic nitrogens is 4. The zero-order valence-corrected chi connectivity index (χ0v) is 15.4. The summed E-state index contributed by atoms with van der Waals surface area (Å²) in [6.45, 7) is 1.36. The predicted octanol–water partition coefficient (Wildman–Crippen LogP) is 2.67. The van der Waals surface area contributed by atoms with Crippen LogP contribution < -0.4 is 10.2 Å². The summed E-state index contributed by atoms with van der Waals surface area (Å²) in [6.07, 6.45) is 7.57. The molecule has 8 heteroatoms. The van der Waals surface area contributed by atoms with Crippen molar-refractivity contribution in [3.63, 3.8) is 0 Å². The highest BCUT2D eigenvalue weighted by atomic mass is 19.1. The summed E-state index contributed by atoms with van der Waals surface area (Å²) in [5.41, 5.74) is 2.52. The molecule has 0 unspecified atom stereocenters. The zero-order chi connectivity index (χ0) is 19.1. The van der Waals surface area contributed by atoms with Crippen LogP contribution >= 0.6 is 0 Å². The fourth-order valence-corrected chi connectivity index (χ4v) is 4.13. The molecule has 5 rings (SSSR count). The fourth-order valence-electron chi connectivity index (χ4n) is 4.13. The Kier molecular flexibility index (Phi) is 4.18. The lowest BCUT2D eigenvalue weighted by molar-refractivity contribution is 0.0954. The highest BCUT2D eigenvalue weighted by molar-refractivity contribution is 5.99. The van der Waals surface area contributed by atoms with E-state index in [1.165, 1.54) is 6.07 Å². The Hall–Kier alpha value is -3.03. The molecule has 0 radical (unpaired) electrons. The number of nitrogens with zero attached hydrogens (tertiary/aromatic N) is 5. The van der Waals surface area contributed by atoms with E-state index < -0.39 is 0 Å². The Labute approximate surface area is 161 Å². The molecule has 0 saturated carbocycles. The molecule has 28 heavy (non-hydrogen) atoms. The molecule has 0 aliphatic carbocycles. The van der Waals surface area contributed by atoms with Crippen LogP contribution in [0, 0.1) is 5.82 Å². The molecule has 2 aliphatic heterocycles. The van der Waals surface area contributed by atoms with Crippen molar-refractivity contribution >= 4 is 17.4 Å². The Morgan fingerprint density at radius 3 is 3.04 bits per heavy atom. The number of nitrogens with one attached hydrogen (secondary N) is 1. The molecule has 5 heterocycles. The largest absolute Gasteiger partial charge is 0.352 e. The monoisotopic (exact) mass is 380 g/mol. The molecule has 1 atom stereocenters. The van der Waals surface area contributed by atoms with Gasteiger partial charge in [0.1, 0.15) is 17.2 Å². The van der Waals surface area contributed by atoms with Crippen molar-refractivity contribution in [2.75, 3.05) is 18.0 Å².